The second-order valence-electron chi connectivity index (χ2n) is 5.40. The topological polar surface area (TPSA) is 75.4 Å². The van der Waals surface area contributed by atoms with Crippen molar-refractivity contribution in [3.63, 3.8) is 0 Å². The average molecular weight is 328 g/mol. The summed E-state index contributed by atoms with van der Waals surface area (Å²) >= 11 is 0. The van der Waals surface area contributed by atoms with Crippen LogP contribution in [-0.2, 0) is 9.59 Å². The zero-order chi connectivity index (χ0) is 16.0. The fraction of sp³-hybridized carbons (Fsp3) is 0.500. The van der Waals surface area contributed by atoms with Gasteiger partial charge in [-0.05, 0) is 38.8 Å². The third-order valence-corrected chi connectivity index (χ3v) is 3.31. The average Bonchev–Trinajstić information content (AvgIpc) is 2.39. The van der Waals surface area contributed by atoms with Gasteiger partial charge in [-0.25, -0.2) is 0 Å². The Kier molecular flexibility index (Phi) is 8.75. The number of rotatable bonds is 6. The molecular weight excluding hydrogens is 302 g/mol. The molecule has 22 heavy (non-hydrogen) atoms. The molecule has 0 aliphatic rings. The Labute approximate surface area is 138 Å². The number of hydrogen-bond acceptors (Lipinski definition) is 3. The smallest absolute Gasteiger partial charge is 0.244 e. The van der Waals surface area contributed by atoms with E-state index in [9.17, 15) is 9.59 Å². The maximum absolute atomic E-state index is 12.1. The summed E-state index contributed by atoms with van der Waals surface area (Å²) in [6, 6.07) is 5.64. The Bertz CT molecular complexity index is 498. The summed E-state index contributed by atoms with van der Waals surface area (Å²) in [7, 11) is 0. The first kappa shape index (κ1) is 20.4. The van der Waals surface area contributed by atoms with Gasteiger partial charge < -0.3 is 16.0 Å². The lowest BCUT2D eigenvalue weighted by atomic mass is 10.1. The molecule has 0 aliphatic carbocycles. The highest BCUT2D eigenvalue weighted by Gasteiger charge is 2.17. The first-order valence-electron chi connectivity index (χ1n) is 7.24. The van der Waals surface area contributed by atoms with Crippen LogP contribution in [0.3, 0.4) is 0 Å². The predicted octanol–water partition coefficient (Wildman–Crippen LogP) is 2.25. The number of anilines is 1. The normalized spacial score (nSPS) is 11.3. The molecule has 124 valence electrons. The first-order chi connectivity index (χ1) is 9.85. The second-order valence-corrected chi connectivity index (χ2v) is 5.40. The van der Waals surface area contributed by atoms with Crippen molar-refractivity contribution in [2.75, 3.05) is 18.4 Å². The summed E-state index contributed by atoms with van der Waals surface area (Å²) < 4.78 is 0. The highest BCUT2D eigenvalue weighted by molar-refractivity contribution is 5.95. The van der Waals surface area contributed by atoms with Crippen LogP contribution in [0.5, 0.6) is 0 Å². The molecule has 6 heteroatoms. The van der Waals surface area contributed by atoms with Gasteiger partial charge >= 0.3 is 0 Å². The van der Waals surface area contributed by atoms with Crippen LogP contribution in [0.15, 0.2) is 18.2 Å². The number of carbonyl (C=O) groups excluding carboxylic acids is 2. The molecule has 3 N–H and O–H groups in total. The van der Waals surface area contributed by atoms with Gasteiger partial charge in [-0.15, -0.1) is 12.4 Å². The fourth-order valence-corrected chi connectivity index (χ4v) is 2.14. The molecule has 0 fully saturated rings. The lowest BCUT2D eigenvalue weighted by Gasteiger charge is -2.22. The number of halogens is 1. The van der Waals surface area contributed by atoms with E-state index in [-0.39, 0.29) is 43.2 Å². The molecule has 0 bridgehead atoms. The van der Waals surface area contributed by atoms with Crippen LogP contribution in [0.25, 0.3) is 0 Å². The van der Waals surface area contributed by atoms with Crippen LogP contribution >= 0.6 is 12.4 Å². The lowest BCUT2D eigenvalue weighted by Crippen LogP contribution is -2.40. The van der Waals surface area contributed by atoms with E-state index in [1.54, 1.807) is 6.92 Å². The van der Waals surface area contributed by atoms with Gasteiger partial charge in [0.2, 0.25) is 11.8 Å². The largest absolute Gasteiger partial charge is 0.334 e. The summed E-state index contributed by atoms with van der Waals surface area (Å²) in [5, 5.41) is 2.89. The summed E-state index contributed by atoms with van der Waals surface area (Å²) in [6.45, 7) is 8.07. The van der Waals surface area contributed by atoms with Crippen LogP contribution in [-0.4, -0.2) is 35.8 Å². The molecule has 1 atom stereocenters. The quantitative estimate of drug-likeness (QED) is 0.841. The Morgan fingerprint density at radius 3 is 2.27 bits per heavy atom. The molecule has 1 aromatic carbocycles. The Balaban J connectivity index is 0.00000441. The van der Waals surface area contributed by atoms with E-state index >= 15 is 0 Å². The van der Waals surface area contributed by atoms with E-state index in [2.05, 4.69) is 5.32 Å². The van der Waals surface area contributed by atoms with Gasteiger partial charge in [0.15, 0.2) is 0 Å². The number of nitrogens with zero attached hydrogens (tertiary/aromatic N) is 1. The molecule has 0 saturated heterocycles. The minimum absolute atomic E-state index is 0. The summed E-state index contributed by atoms with van der Waals surface area (Å²) in [5.41, 5.74) is 8.47. The van der Waals surface area contributed by atoms with Crippen LogP contribution in [0.4, 0.5) is 5.69 Å². The van der Waals surface area contributed by atoms with Crippen molar-refractivity contribution in [2.24, 2.45) is 5.73 Å². The van der Waals surface area contributed by atoms with Crippen LogP contribution in [0.1, 0.15) is 31.4 Å². The molecule has 0 heterocycles. The van der Waals surface area contributed by atoms with Gasteiger partial charge in [-0.3, -0.25) is 9.59 Å². The number of aryl methyl sites for hydroxylation is 2. The third-order valence-electron chi connectivity index (χ3n) is 3.31. The SMILES string of the molecule is CCN(CC(=O)Nc1c(C)cccc1C)C(=O)CC(C)N.Cl. The number of nitrogens with two attached hydrogens (primary N) is 1. The Morgan fingerprint density at radius 2 is 1.82 bits per heavy atom. The highest BCUT2D eigenvalue weighted by Crippen LogP contribution is 2.19. The van der Waals surface area contributed by atoms with Gasteiger partial charge in [0.1, 0.15) is 0 Å². The molecule has 1 rings (SSSR count). The Hall–Kier alpha value is -1.59. The van der Waals surface area contributed by atoms with Crippen LogP contribution in [0, 0.1) is 13.8 Å². The summed E-state index contributed by atoms with van der Waals surface area (Å²) in [6.07, 6.45) is 0.254. The van der Waals surface area contributed by atoms with Crippen molar-refractivity contribution < 1.29 is 9.59 Å². The maximum atomic E-state index is 12.1. The minimum atomic E-state index is -0.201. The van der Waals surface area contributed by atoms with Crippen LogP contribution in [0.2, 0.25) is 0 Å². The van der Waals surface area contributed by atoms with Crippen molar-refractivity contribution in [1.82, 2.24) is 4.90 Å². The van der Waals surface area contributed by atoms with Gasteiger partial charge in [0.25, 0.3) is 0 Å². The molecule has 5 nitrogen and oxygen atoms in total. The molecule has 1 aromatic rings. The molecule has 0 aromatic heterocycles. The number of nitrogens with one attached hydrogen (secondary N) is 1. The fourth-order valence-electron chi connectivity index (χ4n) is 2.14. The van der Waals surface area contributed by atoms with E-state index in [0.717, 1.165) is 16.8 Å². The van der Waals surface area contributed by atoms with Gasteiger partial charge in [0.05, 0.1) is 6.54 Å². The van der Waals surface area contributed by atoms with Crippen molar-refractivity contribution in [2.45, 2.75) is 40.2 Å². The van der Waals surface area contributed by atoms with E-state index in [1.165, 1.54) is 4.90 Å². The summed E-state index contributed by atoms with van der Waals surface area (Å²) in [5.74, 6) is -0.281. The number of likely N-dealkylation sites (N-methyl/N-ethyl adjacent to an activating group) is 1. The maximum Gasteiger partial charge on any atom is 0.244 e. The monoisotopic (exact) mass is 327 g/mol. The molecule has 0 saturated carbocycles. The number of para-hydroxylation sites is 1. The lowest BCUT2D eigenvalue weighted by molar-refractivity contribution is -0.134. The number of hydrogen-bond donors (Lipinski definition) is 2. The standard InChI is InChI=1S/C16H25N3O2.ClH/c1-5-19(15(21)9-13(4)17)10-14(20)18-16-11(2)7-6-8-12(16)3;/h6-8,13H,5,9-10,17H2,1-4H3,(H,18,20);1H. The van der Waals surface area contributed by atoms with E-state index in [4.69, 9.17) is 5.73 Å². The van der Waals surface area contributed by atoms with Gasteiger partial charge in [-0.1, -0.05) is 18.2 Å². The number of benzene rings is 1. The van der Waals surface area contributed by atoms with Crippen LogP contribution < -0.4 is 11.1 Å². The zero-order valence-corrected chi connectivity index (χ0v) is 14.5. The molecule has 2 amide bonds. The van der Waals surface area contributed by atoms with Gasteiger partial charge in [0, 0.05) is 24.7 Å². The van der Waals surface area contributed by atoms with E-state index in [1.807, 2.05) is 39.0 Å². The first-order valence-corrected chi connectivity index (χ1v) is 7.24. The molecule has 0 spiro atoms. The second kappa shape index (κ2) is 9.43. The minimum Gasteiger partial charge on any atom is -0.334 e. The highest BCUT2D eigenvalue weighted by atomic mass is 35.5. The van der Waals surface area contributed by atoms with E-state index < -0.39 is 0 Å². The van der Waals surface area contributed by atoms with Crippen molar-refractivity contribution in [1.29, 1.82) is 0 Å². The molecule has 1 unspecified atom stereocenters. The van der Waals surface area contributed by atoms with Crippen molar-refractivity contribution in [3.05, 3.63) is 29.3 Å². The van der Waals surface area contributed by atoms with Gasteiger partial charge in [-0.2, -0.15) is 0 Å². The zero-order valence-electron chi connectivity index (χ0n) is 13.7. The summed E-state index contributed by atoms with van der Waals surface area (Å²) in [4.78, 5) is 25.6. The van der Waals surface area contributed by atoms with Crippen molar-refractivity contribution in [3.8, 4) is 0 Å². The van der Waals surface area contributed by atoms with Crippen molar-refractivity contribution >= 4 is 29.9 Å². The molecule has 0 aliphatic heterocycles. The number of carbonyl (C=O) groups is 2. The molecule has 0 radical (unpaired) electrons. The predicted molar refractivity (Wildman–Crippen MR) is 92.3 cm³/mol. The van der Waals surface area contributed by atoms with E-state index in [0.29, 0.717) is 6.54 Å². The number of amides is 2. The third kappa shape index (κ3) is 6.03. The Morgan fingerprint density at radius 1 is 1.27 bits per heavy atom. The molecular formula is C16H26ClN3O2.